The average Bonchev–Trinajstić information content (AvgIpc) is 2.26. The monoisotopic (exact) mass is 259 g/mol. The Hall–Kier alpha value is -1.13. The molecule has 0 heterocycles. The van der Waals surface area contributed by atoms with Crippen molar-refractivity contribution in [2.24, 2.45) is 0 Å². The van der Waals surface area contributed by atoms with Crippen LogP contribution in [0.1, 0.15) is 18.9 Å². The van der Waals surface area contributed by atoms with Gasteiger partial charge in [-0.1, -0.05) is 17.7 Å². The maximum atomic E-state index is 13.3. The molecule has 1 N–H and O–H groups in total. The van der Waals surface area contributed by atoms with Crippen molar-refractivity contribution < 1.29 is 13.9 Å². The second-order valence-corrected chi connectivity index (χ2v) is 3.98. The van der Waals surface area contributed by atoms with Crippen molar-refractivity contribution in [2.45, 2.75) is 19.9 Å². The van der Waals surface area contributed by atoms with Crippen molar-refractivity contribution in [3.63, 3.8) is 0 Å². The largest absolute Gasteiger partial charge is 0.466 e. The van der Waals surface area contributed by atoms with Crippen molar-refractivity contribution in [2.75, 3.05) is 13.2 Å². The predicted molar refractivity (Wildman–Crippen MR) is 64.4 cm³/mol. The SMILES string of the molecule is CC(=O)OCCCNCc1c(F)cccc1Cl. The van der Waals surface area contributed by atoms with Crippen LogP contribution in [0.2, 0.25) is 5.02 Å². The third-order valence-corrected chi connectivity index (χ3v) is 2.52. The number of carbonyl (C=O) groups is 1. The van der Waals surface area contributed by atoms with Gasteiger partial charge in [-0.15, -0.1) is 0 Å². The van der Waals surface area contributed by atoms with Crippen LogP contribution in [0.5, 0.6) is 0 Å². The summed E-state index contributed by atoms with van der Waals surface area (Å²) >= 11 is 5.86. The highest BCUT2D eigenvalue weighted by Crippen LogP contribution is 2.18. The first-order valence-corrected chi connectivity index (χ1v) is 5.76. The first-order valence-electron chi connectivity index (χ1n) is 5.38. The van der Waals surface area contributed by atoms with Gasteiger partial charge in [0.25, 0.3) is 0 Å². The van der Waals surface area contributed by atoms with Gasteiger partial charge in [-0.25, -0.2) is 4.39 Å². The Bertz CT molecular complexity index is 365. The second-order valence-electron chi connectivity index (χ2n) is 3.57. The highest BCUT2D eigenvalue weighted by Gasteiger charge is 2.05. The number of nitrogens with one attached hydrogen (secondary N) is 1. The van der Waals surface area contributed by atoms with E-state index in [0.29, 0.717) is 36.7 Å². The number of hydrogen-bond donors (Lipinski definition) is 1. The van der Waals surface area contributed by atoms with Crippen LogP contribution in [-0.2, 0) is 16.1 Å². The summed E-state index contributed by atoms with van der Waals surface area (Å²) in [5, 5.41) is 3.46. The van der Waals surface area contributed by atoms with Crippen molar-refractivity contribution in [1.82, 2.24) is 5.32 Å². The number of halogens is 2. The van der Waals surface area contributed by atoms with Gasteiger partial charge in [-0.05, 0) is 25.1 Å². The van der Waals surface area contributed by atoms with Crippen LogP contribution < -0.4 is 5.32 Å². The molecular formula is C12H15ClFNO2. The van der Waals surface area contributed by atoms with E-state index in [2.05, 4.69) is 5.32 Å². The van der Waals surface area contributed by atoms with Crippen molar-refractivity contribution >= 4 is 17.6 Å². The molecular weight excluding hydrogens is 245 g/mol. The van der Waals surface area contributed by atoms with E-state index in [0.717, 1.165) is 0 Å². The third kappa shape index (κ3) is 5.15. The first-order chi connectivity index (χ1) is 8.11. The van der Waals surface area contributed by atoms with Gasteiger partial charge in [0.05, 0.1) is 6.61 Å². The van der Waals surface area contributed by atoms with Crippen molar-refractivity contribution in [3.8, 4) is 0 Å². The molecule has 1 aromatic rings. The van der Waals surface area contributed by atoms with E-state index in [9.17, 15) is 9.18 Å². The Labute approximate surface area is 105 Å². The lowest BCUT2D eigenvalue weighted by atomic mass is 10.2. The van der Waals surface area contributed by atoms with E-state index >= 15 is 0 Å². The van der Waals surface area contributed by atoms with Crippen LogP contribution in [0.4, 0.5) is 4.39 Å². The smallest absolute Gasteiger partial charge is 0.302 e. The van der Waals surface area contributed by atoms with Crippen LogP contribution in [0, 0.1) is 5.82 Å². The Balaban J connectivity index is 2.24. The Morgan fingerprint density at radius 1 is 1.53 bits per heavy atom. The van der Waals surface area contributed by atoms with E-state index in [1.165, 1.54) is 13.0 Å². The highest BCUT2D eigenvalue weighted by atomic mass is 35.5. The zero-order valence-corrected chi connectivity index (χ0v) is 10.4. The molecule has 1 aromatic carbocycles. The minimum Gasteiger partial charge on any atom is -0.466 e. The molecule has 0 saturated carbocycles. The van der Waals surface area contributed by atoms with Crippen LogP contribution in [0.15, 0.2) is 18.2 Å². The van der Waals surface area contributed by atoms with E-state index in [1.54, 1.807) is 12.1 Å². The first kappa shape index (κ1) is 13.9. The van der Waals surface area contributed by atoms with Crippen LogP contribution in [-0.4, -0.2) is 19.1 Å². The maximum absolute atomic E-state index is 13.3. The van der Waals surface area contributed by atoms with Crippen LogP contribution in [0.3, 0.4) is 0 Å². The molecule has 0 radical (unpaired) electrons. The normalized spacial score (nSPS) is 10.3. The molecule has 0 aromatic heterocycles. The van der Waals surface area contributed by atoms with Gasteiger partial charge in [0.15, 0.2) is 0 Å². The molecule has 0 spiro atoms. The summed E-state index contributed by atoms with van der Waals surface area (Å²) in [4.78, 5) is 10.5. The van der Waals surface area contributed by atoms with Gasteiger partial charge in [-0.2, -0.15) is 0 Å². The molecule has 0 amide bonds. The minimum atomic E-state index is -0.315. The van der Waals surface area contributed by atoms with E-state index in [1.807, 2.05) is 0 Å². The van der Waals surface area contributed by atoms with Crippen molar-refractivity contribution in [1.29, 1.82) is 0 Å². The Kier molecular flexibility index (Phi) is 5.94. The number of esters is 1. The van der Waals surface area contributed by atoms with E-state index in [-0.39, 0.29) is 11.8 Å². The lowest BCUT2D eigenvalue weighted by molar-refractivity contribution is -0.141. The molecule has 0 aliphatic carbocycles. The second kappa shape index (κ2) is 7.25. The Morgan fingerprint density at radius 3 is 2.94 bits per heavy atom. The molecule has 3 nitrogen and oxygen atoms in total. The average molecular weight is 260 g/mol. The molecule has 0 saturated heterocycles. The zero-order valence-electron chi connectivity index (χ0n) is 9.63. The molecule has 1 rings (SSSR count). The van der Waals surface area contributed by atoms with Crippen LogP contribution in [0.25, 0.3) is 0 Å². The summed E-state index contributed by atoms with van der Waals surface area (Å²) in [6, 6.07) is 4.60. The van der Waals surface area contributed by atoms with Gasteiger partial charge in [-0.3, -0.25) is 4.79 Å². The topological polar surface area (TPSA) is 38.3 Å². The van der Waals surface area contributed by atoms with Gasteiger partial charge >= 0.3 is 5.97 Å². The highest BCUT2D eigenvalue weighted by molar-refractivity contribution is 6.31. The lowest BCUT2D eigenvalue weighted by Crippen LogP contribution is -2.18. The number of rotatable bonds is 6. The fraction of sp³-hybridized carbons (Fsp3) is 0.417. The predicted octanol–water partition coefficient (Wildman–Crippen LogP) is 2.52. The summed E-state index contributed by atoms with van der Waals surface area (Å²) in [5.74, 6) is -0.605. The maximum Gasteiger partial charge on any atom is 0.302 e. The summed E-state index contributed by atoms with van der Waals surface area (Å²) in [6.45, 7) is 2.74. The fourth-order valence-electron chi connectivity index (χ4n) is 1.33. The van der Waals surface area contributed by atoms with Gasteiger partial charge < -0.3 is 10.1 Å². The van der Waals surface area contributed by atoms with Crippen LogP contribution >= 0.6 is 11.6 Å². The van der Waals surface area contributed by atoms with Gasteiger partial charge in [0.1, 0.15) is 5.82 Å². The number of hydrogen-bond acceptors (Lipinski definition) is 3. The molecule has 0 aliphatic rings. The van der Waals surface area contributed by atoms with E-state index in [4.69, 9.17) is 16.3 Å². The van der Waals surface area contributed by atoms with Gasteiger partial charge in [0.2, 0.25) is 0 Å². The number of carbonyl (C=O) groups excluding carboxylic acids is 1. The molecule has 0 unspecified atom stereocenters. The molecule has 0 atom stereocenters. The molecule has 0 fully saturated rings. The van der Waals surface area contributed by atoms with Gasteiger partial charge in [0, 0.05) is 24.1 Å². The molecule has 0 bridgehead atoms. The fourth-order valence-corrected chi connectivity index (χ4v) is 1.56. The summed E-state index contributed by atoms with van der Waals surface area (Å²) in [6.07, 6.45) is 0.686. The number of benzene rings is 1. The quantitative estimate of drug-likeness (QED) is 0.630. The molecule has 17 heavy (non-hydrogen) atoms. The summed E-state index contributed by atoms with van der Waals surface area (Å²) < 4.78 is 18.1. The van der Waals surface area contributed by atoms with E-state index < -0.39 is 0 Å². The third-order valence-electron chi connectivity index (χ3n) is 2.17. The minimum absolute atomic E-state index is 0.290. The molecule has 94 valence electrons. The summed E-state index contributed by atoms with van der Waals surface area (Å²) in [5.41, 5.74) is 0.460. The molecule has 0 aliphatic heterocycles. The standard InChI is InChI=1S/C12H15ClFNO2/c1-9(16)17-7-3-6-15-8-10-11(13)4-2-5-12(10)14/h2,4-5,15H,3,6-8H2,1H3. The number of ether oxygens (including phenoxy) is 1. The van der Waals surface area contributed by atoms with Crippen molar-refractivity contribution in [3.05, 3.63) is 34.6 Å². The zero-order chi connectivity index (χ0) is 12.7. The summed E-state index contributed by atoms with van der Waals surface area (Å²) in [7, 11) is 0. The lowest BCUT2D eigenvalue weighted by Gasteiger charge is -2.07. The molecule has 5 heteroatoms. The Morgan fingerprint density at radius 2 is 2.29 bits per heavy atom.